The van der Waals surface area contributed by atoms with Gasteiger partial charge in [-0.25, -0.2) is 0 Å². The standard InChI is InChI=1S/C13H19NO2/c1-15-7-2-6-14-10-11-3-4-13-12(9-11)5-8-16-13/h3-4,9,14H,2,5-8,10H2,1H3. The Morgan fingerprint density at radius 3 is 3.25 bits per heavy atom. The van der Waals surface area contributed by atoms with Crippen molar-refractivity contribution in [3.8, 4) is 5.75 Å². The molecule has 2 rings (SSSR count). The van der Waals surface area contributed by atoms with E-state index in [1.165, 1.54) is 11.1 Å². The van der Waals surface area contributed by atoms with Crippen molar-refractivity contribution in [3.05, 3.63) is 29.3 Å². The molecular formula is C13H19NO2. The van der Waals surface area contributed by atoms with Crippen molar-refractivity contribution in [2.75, 3.05) is 26.9 Å². The normalized spacial score (nSPS) is 13.6. The van der Waals surface area contributed by atoms with E-state index in [0.29, 0.717) is 0 Å². The van der Waals surface area contributed by atoms with Gasteiger partial charge in [-0.15, -0.1) is 0 Å². The first-order valence-corrected chi connectivity index (χ1v) is 5.84. The molecule has 0 atom stereocenters. The van der Waals surface area contributed by atoms with Gasteiger partial charge in [-0.1, -0.05) is 12.1 Å². The lowest BCUT2D eigenvalue weighted by molar-refractivity contribution is 0.194. The summed E-state index contributed by atoms with van der Waals surface area (Å²) in [6.07, 6.45) is 2.11. The quantitative estimate of drug-likeness (QED) is 0.742. The van der Waals surface area contributed by atoms with Crippen LogP contribution in [0.4, 0.5) is 0 Å². The molecular weight excluding hydrogens is 202 g/mol. The molecule has 0 radical (unpaired) electrons. The molecule has 3 nitrogen and oxygen atoms in total. The van der Waals surface area contributed by atoms with Crippen LogP contribution in [0.5, 0.6) is 5.75 Å². The summed E-state index contributed by atoms with van der Waals surface area (Å²) >= 11 is 0. The number of hydrogen-bond acceptors (Lipinski definition) is 3. The predicted molar refractivity (Wildman–Crippen MR) is 63.8 cm³/mol. The number of nitrogens with one attached hydrogen (secondary N) is 1. The van der Waals surface area contributed by atoms with Crippen molar-refractivity contribution < 1.29 is 9.47 Å². The molecule has 0 fully saturated rings. The minimum Gasteiger partial charge on any atom is -0.493 e. The molecule has 0 amide bonds. The van der Waals surface area contributed by atoms with E-state index in [4.69, 9.17) is 9.47 Å². The fourth-order valence-electron chi connectivity index (χ4n) is 1.92. The van der Waals surface area contributed by atoms with Gasteiger partial charge in [0.1, 0.15) is 5.75 Å². The summed E-state index contributed by atoms with van der Waals surface area (Å²) in [5, 5.41) is 3.41. The van der Waals surface area contributed by atoms with Gasteiger partial charge in [-0.3, -0.25) is 0 Å². The molecule has 16 heavy (non-hydrogen) atoms. The first-order chi connectivity index (χ1) is 7.90. The van der Waals surface area contributed by atoms with Crippen LogP contribution in [-0.2, 0) is 17.7 Å². The van der Waals surface area contributed by atoms with E-state index in [-0.39, 0.29) is 0 Å². The summed E-state index contributed by atoms with van der Waals surface area (Å²) in [4.78, 5) is 0. The summed E-state index contributed by atoms with van der Waals surface area (Å²) in [6.45, 7) is 3.59. The molecule has 3 heteroatoms. The van der Waals surface area contributed by atoms with E-state index in [9.17, 15) is 0 Å². The third-order valence-electron chi connectivity index (χ3n) is 2.79. The third kappa shape index (κ3) is 2.97. The van der Waals surface area contributed by atoms with Gasteiger partial charge >= 0.3 is 0 Å². The van der Waals surface area contributed by atoms with Gasteiger partial charge in [0.25, 0.3) is 0 Å². The van der Waals surface area contributed by atoms with Gasteiger partial charge < -0.3 is 14.8 Å². The number of methoxy groups -OCH3 is 1. The van der Waals surface area contributed by atoms with E-state index >= 15 is 0 Å². The average Bonchev–Trinajstić information content (AvgIpc) is 2.76. The Kier molecular flexibility index (Phi) is 4.19. The molecule has 1 aliphatic heterocycles. The Morgan fingerprint density at radius 2 is 2.38 bits per heavy atom. The highest BCUT2D eigenvalue weighted by molar-refractivity contribution is 5.39. The molecule has 0 saturated carbocycles. The molecule has 1 heterocycles. The van der Waals surface area contributed by atoms with Crippen molar-refractivity contribution in [3.63, 3.8) is 0 Å². The van der Waals surface area contributed by atoms with Crippen molar-refractivity contribution in [2.45, 2.75) is 19.4 Å². The van der Waals surface area contributed by atoms with Crippen molar-refractivity contribution in [1.82, 2.24) is 5.32 Å². The number of benzene rings is 1. The lowest BCUT2D eigenvalue weighted by atomic mass is 10.1. The van der Waals surface area contributed by atoms with Gasteiger partial charge in [0, 0.05) is 26.7 Å². The van der Waals surface area contributed by atoms with E-state index in [0.717, 1.165) is 44.9 Å². The van der Waals surface area contributed by atoms with Crippen LogP contribution in [-0.4, -0.2) is 26.9 Å². The zero-order valence-electron chi connectivity index (χ0n) is 9.79. The molecule has 1 aliphatic rings. The fourth-order valence-corrected chi connectivity index (χ4v) is 1.92. The largest absolute Gasteiger partial charge is 0.493 e. The molecule has 0 unspecified atom stereocenters. The minimum atomic E-state index is 0.824. The molecule has 88 valence electrons. The zero-order chi connectivity index (χ0) is 11.2. The number of fused-ring (bicyclic) bond motifs is 1. The first kappa shape index (κ1) is 11.4. The Labute approximate surface area is 96.8 Å². The Hall–Kier alpha value is -1.06. The maximum atomic E-state index is 5.47. The van der Waals surface area contributed by atoms with E-state index < -0.39 is 0 Å². The van der Waals surface area contributed by atoms with Crippen molar-refractivity contribution in [1.29, 1.82) is 0 Å². The number of hydrogen-bond donors (Lipinski definition) is 1. The molecule has 1 aromatic rings. The van der Waals surface area contributed by atoms with E-state index in [2.05, 4.69) is 23.5 Å². The van der Waals surface area contributed by atoms with Crippen LogP contribution in [0.3, 0.4) is 0 Å². The Bertz CT molecular complexity index is 339. The molecule has 0 spiro atoms. The summed E-state index contributed by atoms with van der Waals surface area (Å²) in [6, 6.07) is 6.45. The lowest BCUT2D eigenvalue weighted by Gasteiger charge is -2.06. The van der Waals surface area contributed by atoms with Crippen LogP contribution in [0.15, 0.2) is 18.2 Å². The van der Waals surface area contributed by atoms with Crippen LogP contribution in [0.25, 0.3) is 0 Å². The highest BCUT2D eigenvalue weighted by atomic mass is 16.5. The Balaban J connectivity index is 1.77. The second-order valence-corrected chi connectivity index (χ2v) is 4.06. The first-order valence-electron chi connectivity index (χ1n) is 5.84. The van der Waals surface area contributed by atoms with Gasteiger partial charge in [-0.2, -0.15) is 0 Å². The lowest BCUT2D eigenvalue weighted by Crippen LogP contribution is -2.16. The average molecular weight is 221 g/mol. The molecule has 0 bridgehead atoms. The van der Waals surface area contributed by atoms with E-state index in [1.807, 2.05) is 0 Å². The molecule has 1 N–H and O–H groups in total. The van der Waals surface area contributed by atoms with Gasteiger partial charge in [0.05, 0.1) is 6.61 Å². The summed E-state index contributed by atoms with van der Waals surface area (Å²) in [5.41, 5.74) is 2.68. The second-order valence-electron chi connectivity index (χ2n) is 4.06. The monoisotopic (exact) mass is 221 g/mol. The highest BCUT2D eigenvalue weighted by Gasteiger charge is 2.11. The van der Waals surface area contributed by atoms with Crippen molar-refractivity contribution >= 4 is 0 Å². The van der Waals surface area contributed by atoms with Crippen LogP contribution >= 0.6 is 0 Å². The number of ether oxygens (including phenoxy) is 2. The Morgan fingerprint density at radius 1 is 1.44 bits per heavy atom. The maximum Gasteiger partial charge on any atom is 0.122 e. The third-order valence-corrected chi connectivity index (χ3v) is 2.79. The molecule has 0 aromatic heterocycles. The summed E-state index contributed by atoms with van der Waals surface area (Å²) < 4.78 is 10.5. The van der Waals surface area contributed by atoms with E-state index in [1.54, 1.807) is 7.11 Å². The van der Waals surface area contributed by atoms with Crippen LogP contribution in [0, 0.1) is 0 Å². The zero-order valence-corrected chi connectivity index (χ0v) is 9.79. The highest BCUT2D eigenvalue weighted by Crippen LogP contribution is 2.25. The molecule has 0 saturated heterocycles. The minimum absolute atomic E-state index is 0.824. The van der Waals surface area contributed by atoms with Gasteiger partial charge in [0.2, 0.25) is 0 Å². The van der Waals surface area contributed by atoms with Gasteiger partial charge in [0.15, 0.2) is 0 Å². The summed E-state index contributed by atoms with van der Waals surface area (Å²) in [5.74, 6) is 1.06. The van der Waals surface area contributed by atoms with Crippen LogP contribution < -0.4 is 10.1 Å². The predicted octanol–water partition coefficient (Wildman–Crippen LogP) is 1.75. The van der Waals surface area contributed by atoms with Crippen LogP contribution in [0.2, 0.25) is 0 Å². The van der Waals surface area contributed by atoms with Crippen molar-refractivity contribution in [2.24, 2.45) is 0 Å². The van der Waals surface area contributed by atoms with Gasteiger partial charge in [-0.05, 0) is 30.2 Å². The fraction of sp³-hybridized carbons (Fsp3) is 0.538. The summed E-state index contributed by atoms with van der Waals surface area (Å²) in [7, 11) is 1.74. The topological polar surface area (TPSA) is 30.5 Å². The smallest absolute Gasteiger partial charge is 0.122 e. The van der Waals surface area contributed by atoms with Crippen LogP contribution in [0.1, 0.15) is 17.5 Å². The SMILES string of the molecule is COCCCNCc1ccc2c(c1)CCO2. The number of rotatable bonds is 6. The molecule has 0 aliphatic carbocycles. The maximum absolute atomic E-state index is 5.47. The second kappa shape index (κ2) is 5.87. The molecule has 1 aromatic carbocycles.